The highest BCUT2D eigenvalue weighted by atomic mass is 16.5. The van der Waals surface area contributed by atoms with Crippen LogP contribution >= 0.6 is 0 Å². The molecule has 128 valence electrons. The van der Waals surface area contributed by atoms with Gasteiger partial charge in [0.25, 0.3) is 5.91 Å². The quantitative estimate of drug-likeness (QED) is 0.837. The molecule has 1 N–H and O–H groups in total. The van der Waals surface area contributed by atoms with Crippen LogP contribution in [0.25, 0.3) is 0 Å². The highest BCUT2D eigenvalue weighted by Crippen LogP contribution is 2.24. The lowest BCUT2D eigenvalue weighted by atomic mass is 10.2. The summed E-state index contributed by atoms with van der Waals surface area (Å²) in [5, 5.41) is 8.96. The zero-order valence-electron chi connectivity index (χ0n) is 14.6. The molecule has 1 heterocycles. The van der Waals surface area contributed by atoms with Crippen LogP contribution in [0.5, 0.6) is 5.75 Å². The number of aryl methyl sites for hydroxylation is 1. The van der Waals surface area contributed by atoms with E-state index >= 15 is 0 Å². The number of ether oxygens (including phenoxy) is 1. The zero-order valence-corrected chi connectivity index (χ0v) is 14.6. The Balaban J connectivity index is 1.74. The van der Waals surface area contributed by atoms with E-state index in [1.165, 1.54) is 5.01 Å². The Bertz CT molecular complexity index is 821. The van der Waals surface area contributed by atoms with Gasteiger partial charge in [-0.15, -0.1) is 0 Å². The van der Waals surface area contributed by atoms with E-state index in [1.807, 2.05) is 69.3 Å². The van der Waals surface area contributed by atoms with Gasteiger partial charge in [-0.25, -0.2) is 0 Å². The van der Waals surface area contributed by atoms with E-state index in [0.717, 1.165) is 22.7 Å². The molecule has 25 heavy (non-hydrogen) atoms. The van der Waals surface area contributed by atoms with Crippen LogP contribution in [0.2, 0.25) is 0 Å². The number of hydrogen-bond donors (Lipinski definition) is 1. The molecule has 3 rings (SSSR count). The second-order valence-corrected chi connectivity index (χ2v) is 5.80. The first-order valence-corrected chi connectivity index (χ1v) is 8.24. The summed E-state index contributed by atoms with van der Waals surface area (Å²) < 4.78 is 5.42. The van der Waals surface area contributed by atoms with Gasteiger partial charge in [0.15, 0.2) is 0 Å². The Morgan fingerprint density at radius 3 is 2.40 bits per heavy atom. The second-order valence-electron chi connectivity index (χ2n) is 5.80. The molecule has 0 aliphatic carbocycles. The summed E-state index contributed by atoms with van der Waals surface area (Å²) in [7, 11) is 0. The summed E-state index contributed by atoms with van der Waals surface area (Å²) in [4.78, 5) is 12.6. The smallest absolute Gasteiger partial charge is 0.282 e. The van der Waals surface area contributed by atoms with Crippen molar-refractivity contribution < 1.29 is 9.53 Å². The van der Waals surface area contributed by atoms with Gasteiger partial charge >= 0.3 is 0 Å². The fraction of sp³-hybridized carbons (Fsp3) is 0.200. The van der Waals surface area contributed by atoms with Crippen LogP contribution in [-0.2, 0) is 4.79 Å². The minimum atomic E-state index is -0.139. The second kappa shape index (κ2) is 7.21. The predicted octanol–water partition coefficient (Wildman–Crippen LogP) is 4.11. The number of hydrazone groups is 1. The number of carbonyl (C=O) groups is 1. The van der Waals surface area contributed by atoms with Crippen LogP contribution < -0.4 is 15.1 Å². The van der Waals surface area contributed by atoms with Gasteiger partial charge in [-0.3, -0.25) is 4.79 Å². The molecule has 0 spiro atoms. The molecule has 2 aromatic rings. The molecular formula is C20H21N3O2. The van der Waals surface area contributed by atoms with Gasteiger partial charge in [0, 0.05) is 11.9 Å². The highest BCUT2D eigenvalue weighted by Gasteiger charge is 2.28. The number of anilines is 2. The number of nitrogens with one attached hydrogen (secondary N) is 1. The third-order valence-corrected chi connectivity index (χ3v) is 3.89. The van der Waals surface area contributed by atoms with Crippen LogP contribution in [0.15, 0.2) is 65.4 Å². The first kappa shape index (κ1) is 16.8. The molecule has 2 aromatic carbocycles. The molecule has 0 fully saturated rings. The summed E-state index contributed by atoms with van der Waals surface area (Å²) in [6.07, 6.45) is 1.70. The van der Waals surface area contributed by atoms with Crippen molar-refractivity contribution in [2.75, 3.05) is 16.9 Å². The van der Waals surface area contributed by atoms with Gasteiger partial charge in [0.2, 0.25) is 0 Å². The third-order valence-electron chi connectivity index (χ3n) is 3.89. The van der Waals surface area contributed by atoms with Crippen molar-refractivity contribution >= 4 is 23.0 Å². The molecule has 0 saturated heterocycles. The van der Waals surface area contributed by atoms with Gasteiger partial charge in [-0.2, -0.15) is 10.1 Å². The maximum Gasteiger partial charge on any atom is 0.282 e. The van der Waals surface area contributed by atoms with Gasteiger partial charge in [-0.05, 0) is 57.2 Å². The average Bonchev–Trinajstić information content (AvgIpc) is 2.90. The Labute approximate surface area is 147 Å². The van der Waals surface area contributed by atoms with E-state index in [4.69, 9.17) is 4.74 Å². The van der Waals surface area contributed by atoms with E-state index in [2.05, 4.69) is 10.4 Å². The number of rotatable bonds is 5. The van der Waals surface area contributed by atoms with Crippen LogP contribution in [0.1, 0.15) is 19.4 Å². The largest absolute Gasteiger partial charge is 0.494 e. The summed E-state index contributed by atoms with van der Waals surface area (Å²) in [6.45, 7) is 6.42. The van der Waals surface area contributed by atoms with Gasteiger partial charge in [0.1, 0.15) is 5.75 Å². The molecule has 1 amide bonds. The normalized spacial score (nSPS) is 15.5. The standard InChI is InChI=1S/C20H21N3O2/c1-4-25-18-11-7-16(8-12-18)21-13-19-15(3)22-23(20(19)24)17-9-5-14(2)6-10-17/h5-13,21H,4H2,1-3H3. The molecule has 5 nitrogen and oxygen atoms in total. The fourth-order valence-corrected chi connectivity index (χ4v) is 2.51. The number of carbonyl (C=O) groups excluding carboxylic acids is 1. The van der Waals surface area contributed by atoms with Crippen molar-refractivity contribution in [1.29, 1.82) is 0 Å². The minimum Gasteiger partial charge on any atom is -0.494 e. The summed E-state index contributed by atoms with van der Waals surface area (Å²) in [5.74, 6) is 0.681. The van der Waals surface area contributed by atoms with Crippen LogP contribution in [0.3, 0.4) is 0 Å². The van der Waals surface area contributed by atoms with E-state index in [9.17, 15) is 4.79 Å². The van der Waals surface area contributed by atoms with Crippen molar-refractivity contribution in [3.63, 3.8) is 0 Å². The molecule has 1 aliphatic rings. The lowest BCUT2D eigenvalue weighted by Gasteiger charge is -2.11. The lowest BCUT2D eigenvalue weighted by Crippen LogP contribution is -2.21. The SMILES string of the molecule is CCOc1ccc(NC=C2C(=O)N(c3ccc(C)cc3)N=C2C)cc1. The molecule has 0 radical (unpaired) electrons. The van der Waals surface area contributed by atoms with Crippen LogP contribution in [0, 0.1) is 6.92 Å². The Morgan fingerprint density at radius 1 is 1.08 bits per heavy atom. The van der Waals surface area contributed by atoms with Gasteiger partial charge < -0.3 is 10.1 Å². The van der Waals surface area contributed by atoms with Crippen LogP contribution in [-0.4, -0.2) is 18.2 Å². The number of amides is 1. The summed E-state index contributed by atoms with van der Waals surface area (Å²) in [5.41, 5.74) is 4.02. The third kappa shape index (κ3) is 3.71. The topological polar surface area (TPSA) is 53.9 Å². The van der Waals surface area contributed by atoms with Gasteiger partial charge in [-0.1, -0.05) is 17.7 Å². The summed E-state index contributed by atoms with van der Waals surface area (Å²) >= 11 is 0. The number of hydrogen-bond acceptors (Lipinski definition) is 4. The molecule has 0 atom stereocenters. The number of benzene rings is 2. The van der Waals surface area contributed by atoms with E-state index in [1.54, 1.807) is 6.20 Å². The highest BCUT2D eigenvalue weighted by molar-refractivity contribution is 6.29. The molecule has 5 heteroatoms. The molecule has 0 saturated carbocycles. The lowest BCUT2D eigenvalue weighted by molar-refractivity contribution is -0.114. The minimum absolute atomic E-state index is 0.139. The first-order valence-electron chi connectivity index (χ1n) is 8.24. The molecule has 0 unspecified atom stereocenters. The number of nitrogens with zero attached hydrogens (tertiary/aromatic N) is 2. The van der Waals surface area contributed by atoms with Crippen molar-refractivity contribution in [2.24, 2.45) is 5.10 Å². The summed E-state index contributed by atoms with van der Waals surface area (Å²) in [6, 6.07) is 15.3. The monoisotopic (exact) mass is 335 g/mol. The Kier molecular flexibility index (Phi) is 4.84. The Hall–Kier alpha value is -3.08. The van der Waals surface area contributed by atoms with E-state index < -0.39 is 0 Å². The maximum atomic E-state index is 12.6. The zero-order chi connectivity index (χ0) is 17.8. The van der Waals surface area contributed by atoms with Gasteiger partial charge in [0.05, 0.1) is 23.6 Å². The molecule has 0 aromatic heterocycles. The van der Waals surface area contributed by atoms with Crippen LogP contribution in [0.4, 0.5) is 11.4 Å². The van der Waals surface area contributed by atoms with Crippen molar-refractivity contribution in [3.05, 3.63) is 65.9 Å². The Morgan fingerprint density at radius 2 is 1.76 bits per heavy atom. The average molecular weight is 335 g/mol. The van der Waals surface area contributed by atoms with E-state index in [0.29, 0.717) is 17.9 Å². The van der Waals surface area contributed by atoms with E-state index in [-0.39, 0.29) is 5.91 Å². The van der Waals surface area contributed by atoms with Crippen molar-refractivity contribution in [2.45, 2.75) is 20.8 Å². The van der Waals surface area contributed by atoms with Crippen molar-refractivity contribution in [1.82, 2.24) is 0 Å². The molecule has 1 aliphatic heterocycles. The van der Waals surface area contributed by atoms with Crippen molar-refractivity contribution in [3.8, 4) is 5.75 Å². The molecular weight excluding hydrogens is 314 g/mol. The maximum absolute atomic E-state index is 12.6. The predicted molar refractivity (Wildman–Crippen MR) is 101 cm³/mol. The first-order chi connectivity index (χ1) is 12.1. The fourth-order valence-electron chi connectivity index (χ4n) is 2.51. The molecule has 0 bridgehead atoms.